The van der Waals surface area contributed by atoms with Crippen LogP contribution in [0.5, 0.6) is 5.75 Å². The van der Waals surface area contributed by atoms with Gasteiger partial charge in [0.1, 0.15) is 5.75 Å². The number of methoxy groups -OCH3 is 1. The summed E-state index contributed by atoms with van der Waals surface area (Å²) in [4.78, 5) is 31.8. The number of aromatic nitrogens is 2. The van der Waals surface area contributed by atoms with Crippen LogP contribution in [-0.2, 0) is 21.4 Å². The number of carbonyl (C=O) groups is 2. The lowest BCUT2D eigenvalue weighted by Crippen LogP contribution is -2.40. The van der Waals surface area contributed by atoms with Crippen molar-refractivity contribution in [3.05, 3.63) is 41.5 Å². The molecule has 1 saturated carbocycles. The summed E-state index contributed by atoms with van der Waals surface area (Å²) in [5.41, 5.74) is 0.539. The molecule has 1 aromatic carbocycles. The van der Waals surface area contributed by atoms with Gasteiger partial charge in [-0.25, -0.2) is 0 Å². The molecule has 0 bridgehead atoms. The van der Waals surface area contributed by atoms with Crippen molar-refractivity contribution < 1.29 is 18.8 Å². The van der Waals surface area contributed by atoms with Gasteiger partial charge in [-0.1, -0.05) is 31.1 Å². The van der Waals surface area contributed by atoms with Crippen molar-refractivity contribution in [1.82, 2.24) is 20.4 Å². The quantitative estimate of drug-likeness (QED) is 0.761. The highest BCUT2D eigenvalue weighted by Crippen LogP contribution is 2.50. The first kappa shape index (κ1) is 21.3. The zero-order chi connectivity index (χ0) is 22.2. The first-order valence-electron chi connectivity index (χ1n) is 10.8. The highest BCUT2D eigenvalue weighted by molar-refractivity contribution is 5.79. The SMILES string of the molecule is COc1ccc(CC(=O)N[C@@H]2CC3CN(C(=O)C(C)C)C[C@@]3(c3nc(C)no3)C2)cc1. The van der Waals surface area contributed by atoms with Gasteiger partial charge >= 0.3 is 0 Å². The van der Waals surface area contributed by atoms with Gasteiger partial charge in [0, 0.05) is 25.0 Å². The molecule has 2 aliphatic rings. The third kappa shape index (κ3) is 4.16. The van der Waals surface area contributed by atoms with Crippen LogP contribution < -0.4 is 10.1 Å². The van der Waals surface area contributed by atoms with E-state index in [9.17, 15) is 9.59 Å². The molecule has 1 saturated heterocycles. The van der Waals surface area contributed by atoms with Crippen molar-refractivity contribution in [1.29, 1.82) is 0 Å². The number of amides is 2. The predicted molar refractivity (Wildman–Crippen MR) is 113 cm³/mol. The van der Waals surface area contributed by atoms with Crippen LogP contribution in [0.4, 0.5) is 0 Å². The fraction of sp³-hybridized carbons (Fsp3) is 0.565. The van der Waals surface area contributed by atoms with Gasteiger partial charge in [-0.3, -0.25) is 9.59 Å². The number of fused-ring (bicyclic) bond motifs is 1. The lowest BCUT2D eigenvalue weighted by Gasteiger charge is -2.26. The Balaban J connectivity index is 1.46. The van der Waals surface area contributed by atoms with E-state index in [0.717, 1.165) is 17.7 Å². The maximum Gasteiger partial charge on any atom is 0.235 e. The smallest absolute Gasteiger partial charge is 0.235 e. The van der Waals surface area contributed by atoms with E-state index < -0.39 is 5.41 Å². The van der Waals surface area contributed by atoms with Gasteiger partial charge in [0.2, 0.25) is 17.7 Å². The molecule has 0 radical (unpaired) electrons. The highest BCUT2D eigenvalue weighted by atomic mass is 16.5. The molecule has 2 heterocycles. The second-order valence-corrected chi connectivity index (χ2v) is 9.10. The first-order valence-corrected chi connectivity index (χ1v) is 10.8. The van der Waals surface area contributed by atoms with E-state index in [1.54, 1.807) is 14.0 Å². The molecule has 2 fully saturated rings. The normalized spacial score (nSPS) is 25.0. The Kier molecular flexibility index (Phi) is 5.73. The van der Waals surface area contributed by atoms with E-state index in [2.05, 4.69) is 15.5 Å². The van der Waals surface area contributed by atoms with E-state index in [1.165, 1.54) is 0 Å². The van der Waals surface area contributed by atoms with E-state index in [4.69, 9.17) is 9.26 Å². The van der Waals surface area contributed by atoms with Gasteiger partial charge in [0.05, 0.1) is 18.9 Å². The molecule has 3 atom stereocenters. The average molecular weight is 427 g/mol. The van der Waals surface area contributed by atoms with Crippen molar-refractivity contribution in [3.8, 4) is 5.75 Å². The lowest BCUT2D eigenvalue weighted by atomic mass is 9.80. The summed E-state index contributed by atoms with van der Waals surface area (Å²) >= 11 is 0. The topological polar surface area (TPSA) is 97.6 Å². The van der Waals surface area contributed by atoms with Crippen LogP contribution in [0, 0.1) is 18.8 Å². The average Bonchev–Trinajstić information content (AvgIpc) is 3.40. The third-order valence-electron chi connectivity index (χ3n) is 6.52. The molecule has 1 aromatic heterocycles. The van der Waals surface area contributed by atoms with E-state index in [1.807, 2.05) is 43.0 Å². The molecule has 1 aliphatic carbocycles. The lowest BCUT2D eigenvalue weighted by molar-refractivity contribution is -0.134. The minimum Gasteiger partial charge on any atom is -0.497 e. The largest absolute Gasteiger partial charge is 0.497 e. The summed E-state index contributed by atoms with van der Waals surface area (Å²) in [6, 6.07) is 7.53. The number of hydrogen-bond donors (Lipinski definition) is 1. The third-order valence-corrected chi connectivity index (χ3v) is 6.52. The van der Waals surface area contributed by atoms with Crippen molar-refractivity contribution >= 4 is 11.8 Å². The standard InChI is InChI=1S/C23H30N4O4/c1-14(2)21(29)27-12-17-10-18(11-23(17,13-27)22-24-15(3)26-31-22)25-20(28)9-16-5-7-19(30-4)8-6-16/h5-8,14,17-18H,9-13H2,1-4H3,(H,25,28)/t17?,18-,23+/m1/s1. The Morgan fingerprint density at radius 2 is 2.06 bits per heavy atom. The molecule has 1 aliphatic heterocycles. The second-order valence-electron chi connectivity index (χ2n) is 9.10. The Bertz CT molecular complexity index is 955. The van der Waals surface area contributed by atoms with Crippen LogP contribution in [0.25, 0.3) is 0 Å². The number of carbonyl (C=O) groups excluding carboxylic acids is 2. The zero-order valence-corrected chi connectivity index (χ0v) is 18.6. The summed E-state index contributed by atoms with van der Waals surface area (Å²) in [6.07, 6.45) is 1.79. The molecular weight excluding hydrogens is 396 g/mol. The second kappa shape index (κ2) is 8.32. The molecule has 2 aromatic rings. The highest BCUT2D eigenvalue weighted by Gasteiger charge is 2.58. The number of nitrogens with one attached hydrogen (secondary N) is 1. The van der Waals surface area contributed by atoms with E-state index >= 15 is 0 Å². The molecule has 1 N–H and O–H groups in total. The van der Waals surface area contributed by atoms with Crippen molar-refractivity contribution in [2.24, 2.45) is 11.8 Å². The summed E-state index contributed by atoms with van der Waals surface area (Å²) in [7, 11) is 1.62. The number of rotatable bonds is 6. The van der Waals surface area contributed by atoms with Crippen LogP contribution in [0.2, 0.25) is 0 Å². The van der Waals surface area contributed by atoms with Crippen LogP contribution >= 0.6 is 0 Å². The van der Waals surface area contributed by atoms with Crippen molar-refractivity contribution in [3.63, 3.8) is 0 Å². The number of benzene rings is 1. The molecule has 4 rings (SSSR count). The fourth-order valence-electron chi connectivity index (χ4n) is 5.05. The molecule has 8 nitrogen and oxygen atoms in total. The number of nitrogens with zero attached hydrogens (tertiary/aromatic N) is 3. The van der Waals surface area contributed by atoms with Crippen LogP contribution in [0.3, 0.4) is 0 Å². The van der Waals surface area contributed by atoms with Gasteiger partial charge in [0.15, 0.2) is 5.82 Å². The number of ether oxygens (including phenoxy) is 1. The van der Waals surface area contributed by atoms with Gasteiger partial charge in [0.25, 0.3) is 0 Å². The molecule has 8 heteroatoms. The maximum atomic E-state index is 12.7. The summed E-state index contributed by atoms with van der Waals surface area (Å²) in [5, 5.41) is 7.18. The summed E-state index contributed by atoms with van der Waals surface area (Å²) in [6.45, 7) is 6.85. The van der Waals surface area contributed by atoms with Gasteiger partial charge in [-0.2, -0.15) is 4.98 Å². The van der Waals surface area contributed by atoms with Crippen molar-refractivity contribution in [2.45, 2.75) is 51.5 Å². The maximum absolute atomic E-state index is 12.7. The van der Waals surface area contributed by atoms with Crippen molar-refractivity contribution in [2.75, 3.05) is 20.2 Å². The van der Waals surface area contributed by atoms with E-state index in [-0.39, 0.29) is 29.7 Å². The first-order chi connectivity index (χ1) is 14.8. The Labute approximate surface area is 182 Å². The van der Waals surface area contributed by atoms with Gasteiger partial charge in [-0.05, 0) is 43.4 Å². The molecule has 1 unspecified atom stereocenters. The number of hydrogen-bond acceptors (Lipinski definition) is 6. The van der Waals surface area contributed by atoms with Crippen LogP contribution in [0.15, 0.2) is 28.8 Å². The van der Waals surface area contributed by atoms with E-state index in [0.29, 0.717) is 37.6 Å². The fourth-order valence-corrected chi connectivity index (χ4v) is 5.05. The van der Waals surface area contributed by atoms with Crippen LogP contribution in [0.1, 0.15) is 44.0 Å². The number of likely N-dealkylation sites (tertiary alicyclic amines) is 1. The van der Waals surface area contributed by atoms with Gasteiger partial charge in [-0.15, -0.1) is 0 Å². The van der Waals surface area contributed by atoms with Gasteiger partial charge < -0.3 is 19.5 Å². The molecule has 166 valence electrons. The molecular formula is C23H30N4O4. The monoisotopic (exact) mass is 426 g/mol. The predicted octanol–water partition coefficient (Wildman–Crippen LogP) is 2.26. The van der Waals surface area contributed by atoms with Crippen LogP contribution in [-0.4, -0.2) is 53.1 Å². The summed E-state index contributed by atoms with van der Waals surface area (Å²) < 4.78 is 10.8. The molecule has 0 spiro atoms. The molecule has 31 heavy (non-hydrogen) atoms. The molecule has 2 amide bonds. The number of aryl methyl sites for hydroxylation is 1. The Hall–Kier alpha value is -2.90. The zero-order valence-electron chi connectivity index (χ0n) is 18.6. The Morgan fingerprint density at radius 3 is 2.68 bits per heavy atom. The summed E-state index contributed by atoms with van der Waals surface area (Å²) in [5.74, 6) is 2.20. The Morgan fingerprint density at radius 1 is 1.32 bits per heavy atom. The minimum atomic E-state index is -0.399. The minimum absolute atomic E-state index is 0.0119.